The molecule has 1 saturated heterocycles. The number of nitrogens with zero attached hydrogens (tertiary/aromatic N) is 3. The summed E-state index contributed by atoms with van der Waals surface area (Å²) in [6.07, 6.45) is 1.35. The molecule has 0 unspecified atom stereocenters. The fourth-order valence-electron chi connectivity index (χ4n) is 3.96. The van der Waals surface area contributed by atoms with E-state index in [1.165, 1.54) is 4.31 Å². The molecule has 29 heavy (non-hydrogen) atoms. The normalized spacial score (nSPS) is 19.2. The predicted octanol–water partition coefficient (Wildman–Crippen LogP) is 2.40. The van der Waals surface area contributed by atoms with Gasteiger partial charge in [0.15, 0.2) is 0 Å². The predicted molar refractivity (Wildman–Crippen MR) is 112 cm³/mol. The highest BCUT2D eigenvalue weighted by Crippen LogP contribution is 2.42. The topological polar surface area (TPSA) is 70.2 Å². The molecule has 2 aromatic carbocycles. The summed E-state index contributed by atoms with van der Waals surface area (Å²) in [6, 6.07) is 16.9. The molecule has 0 aromatic heterocycles. The second kappa shape index (κ2) is 8.04. The van der Waals surface area contributed by atoms with Gasteiger partial charge in [-0.05, 0) is 30.5 Å². The first-order valence-corrected chi connectivity index (χ1v) is 11.2. The molecular formula is C21H25N3O4S. The summed E-state index contributed by atoms with van der Waals surface area (Å²) in [4.78, 5) is 14.2. The smallest absolute Gasteiger partial charge is 0.326 e. The molecule has 4 rings (SSSR count). The maximum atomic E-state index is 12.9. The fourth-order valence-corrected chi connectivity index (χ4v) is 5.62. The number of hydrogen-bond donors (Lipinski definition) is 0. The summed E-state index contributed by atoms with van der Waals surface area (Å²) in [6.45, 7) is 1.81. The van der Waals surface area contributed by atoms with Crippen LogP contribution in [0.25, 0.3) is 0 Å². The van der Waals surface area contributed by atoms with Crippen molar-refractivity contribution in [3.63, 3.8) is 0 Å². The average Bonchev–Trinajstić information content (AvgIpc) is 2.94. The average molecular weight is 416 g/mol. The first-order valence-electron chi connectivity index (χ1n) is 9.76. The van der Waals surface area contributed by atoms with E-state index in [1.54, 1.807) is 11.4 Å². The van der Waals surface area contributed by atoms with E-state index in [-0.39, 0.29) is 25.2 Å². The Balaban J connectivity index is 1.33. The second-order valence-electron chi connectivity index (χ2n) is 7.41. The van der Waals surface area contributed by atoms with Crippen LogP contribution >= 0.6 is 0 Å². The van der Waals surface area contributed by atoms with E-state index in [4.69, 9.17) is 4.74 Å². The van der Waals surface area contributed by atoms with E-state index in [0.29, 0.717) is 31.6 Å². The molecule has 2 aromatic rings. The molecule has 0 radical (unpaired) electrons. The largest absolute Gasteiger partial charge is 0.460 e. The zero-order valence-electron chi connectivity index (χ0n) is 16.4. The summed E-state index contributed by atoms with van der Waals surface area (Å²) in [5.74, 6) is -0.258. The molecular weight excluding hydrogens is 390 g/mol. The summed E-state index contributed by atoms with van der Waals surface area (Å²) >= 11 is 0. The molecule has 0 bridgehead atoms. The van der Waals surface area contributed by atoms with Crippen LogP contribution in [0, 0.1) is 0 Å². The van der Waals surface area contributed by atoms with Crippen molar-refractivity contribution in [2.24, 2.45) is 0 Å². The van der Waals surface area contributed by atoms with Gasteiger partial charge in [-0.15, -0.1) is 0 Å². The molecule has 0 amide bonds. The minimum atomic E-state index is -3.55. The Labute approximate surface area is 171 Å². The number of carbonyl (C=O) groups is 1. The quantitative estimate of drug-likeness (QED) is 0.702. The number of anilines is 2. The SMILES string of the molecule is CN1c2ccccc2N(C2CCN(CC(=O)OCc3ccccc3)CC2)S1(=O)=O. The van der Waals surface area contributed by atoms with Crippen molar-refractivity contribution < 1.29 is 17.9 Å². The molecule has 0 atom stereocenters. The van der Waals surface area contributed by atoms with Crippen LogP contribution in [-0.2, 0) is 26.3 Å². The van der Waals surface area contributed by atoms with Gasteiger partial charge in [0.2, 0.25) is 0 Å². The van der Waals surface area contributed by atoms with Crippen molar-refractivity contribution in [3.8, 4) is 0 Å². The highest BCUT2D eigenvalue weighted by molar-refractivity contribution is 7.94. The van der Waals surface area contributed by atoms with Crippen molar-refractivity contribution in [2.45, 2.75) is 25.5 Å². The number of para-hydroxylation sites is 2. The van der Waals surface area contributed by atoms with Crippen LogP contribution in [-0.4, -0.2) is 52.0 Å². The lowest BCUT2D eigenvalue weighted by atomic mass is 10.0. The third-order valence-electron chi connectivity index (χ3n) is 5.54. The third kappa shape index (κ3) is 3.95. The minimum absolute atomic E-state index is 0.109. The molecule has 2 aliphatic heterocycles. The summed E-state index contributed by atoms with van der Waals surface area (Å²) in [7, 11) is -1.96. The van der Waals surface area contributed by atoms with E-state index >= 15 is 0 Å². The second-order valence-corrected chi connectivity index (χ2v) is 9.25. The number of hydrogen-bond acceptors (Lipinski definition) is 5. The number of ether oxygens (including phenoxy) is 1. The van der Waals surface area contributed by atoms with Gasteiger partial charge in [-0.2, -0.15) is 8.42 Å². The molecule has 0 saturated carbocycles. The fraction of sp³-hybridized carbons (Fsp3) is 0.381. The van der Waals surface area contributed by atoms with Crippen LogP contribution < -0.4 is 8.61 Å². The molecule has 0 N–H and O–H groups in total. The Morgan fingerprint density at radius 1 is 1.00 bits per heavy atom. The molecule has 2 aliphatic rings. The molecule has 154 valence electrons. The van der Waals surface area contributed by atoms with E-state index in [9.17, 15) is 13.2 Å². The zero-order valence-corrected chi connectivity index (χ0v) is 17.2. The highest BCUT2D eigenvalue weighted by Gasteiger charge is 2.42. The first-order chi connectivity index (χ1) is 14.0. The molecule has 0 aliphatic carbocycles. The standard InChI is InChI=1S/C21H25N3O4S/c1-22-19-9-5-6-10-20(19)24(29(22,26)27)18-11-13-23(14-12-18)15-21(25)28-16-17-7-3-2-4-8-17/h2-10,18H,11-16H2,1H3. The van der Waals surface area contributed by atoms with E-state index in [0.717, 1.165) is 11.3 Å². The molecule has 8 heteroatoms. The minimum Gasteiger partial charge on any atom is -0.460 e. The van der Waals surface area contributed by atoms with Crippen molar-refractivity contribution in [3.05, 3.63) is 60.2 Å². The van der Waals surface area contributed by atoms with E-state index < -0.39 is 10.2 Å². The first kappa shape index (κ1) is 19.7. The van der Waals surface area contributed by atoms with Gasteiger partial charge < -0.3 is 4.74 Å². The van der Waals surface area contributed by atoms with Crippen LogP contribution in [0.1, 0.15) is 18.4 Å². The van der Waals surface area contributed by atoms with Gasteiger partial charge >= 0.3 is 16.2 Å². The maximum Gasteiger partial charge on any atom is 0.326 e. The molecule has 0 spiro atoms. The summed E-state index contributed by atoms with van der Waals surface area (Å²) in [5.41, 5.74) is 2.40. The monoisotopic (exact) mass is 415 g/mol. The van der Waals surface area contributed by atoms with Crippen molar-refractivity contribution in [1.29, 1.82) is 0 Å². The highest BCUT2D eigenvalue weighted by atomic mass is 32.2. The van der Waals surface area contributed by atoms with Gasteiger partial charge in [-0.1, -0.05) is 42.5 Å². The Morgan fingerprint density at radius 2 is 1.62 bits per heavy atom. The van der Waals surface area contributed by atoms with Crippen LogP contribution in [0.15, 0.2) is 54.6 Å². The lowest BCUT2D eigenvalue weighted by molar-refractivity contribution is -0.146. The zero-order chi connectivity index (χ0) is 20.4. The third-order valence-corrected chi connectivity index (χ3v) is 7.42. The molecule has 7 nitrogen and oxygen atoms in total. The number of esters is 1. The lowest BCUT2D eigenvalue weighted by Crippen LogP contribution is -2.49. The van der Waals surface area contributed by atoms with Gasteiger partial charge in [0.05, 0.1) is 17.9 Å². The maximum absolute atomic E-state index is 12.9. The van der Waals surface area contributed by atoms with Crippen LogP contribution in [0.4, 0.5) is 11.4 Å². The van der Waals surface area contributed by atoms with Gasteiger partial charge in [0.25, 0.3) is 0 Å². The Hall–Kier alpha value is -2.58. The number of carbonyl (C=O) groups excluding carboxylic acids is 1. The summed E-state index contributed by atoms with van der Waals surface area (Å²) in [5, 5.41) is 0. The molecule has 1 fully saturated rings. The Kier molecular flexibility index (Phi) is 5.47. The number of rotatable bonds is 5. The molecule has 2 heterocycles. The van der Waals surface area contributed by atoms with Crippen molar-refractivity contribution >= 4 is 27.6 Å². The van der Waals surface area contributed by atoms with Crippen LogP contribution in [0.3, 0.4) is 0 Å². The van der Waals surface area contributed by atoms with Crippen molar-refractivity contribution in [1.82, 2.24) is 4.90 Å². The van der Waals surface area contributed by atoms with Gasteiger partial charge in [-0.25, -0.2) is 4.31 Å². The van der Waals surface area contributed by atoms with E-state index in [2.05, 4.69) is 0 Å². The van der Waals surface area contributed by atoms with Gasteiger partial charge in [-0.3, -0.25) is 14.0 Å². The summed E-state index contributed by atoms with van der Waals surface area (Å²) < 4.78 is 34.0. The Morgan fingerprint density at radius 3 is 2.31 bits per heavy atom. The van der Waals surface area contributed by atoms with Crippen LogP contribution in [0.5, 0.6) is 0 Å². The van der Waals surface area contributed by atoms with Gasteiger partial charge in [0, 0.05) is 26.2 Å². The van der Waals surface area contributed by atoms with Crippen LogP contribution in [0.2, 0.25) is 0 Å². The Bertz CT molecular complexity index is 972. The van der Waals surface area contributed by atoms with E-state index in [1.807, 2.05) is 59.5 Å². The number of piperidine rings is 1. The number of benzene rings is 2. The van der Waals surface area contributed by atoms with Crippen molar-refractivity contribution in [2.75, 3.05) is 35.3 Å². The number of likely N-dealkylation sites (tertiary alicyclic amines) is 1. The van der Waals surface area contributed by atoms with Gasteiger partial charge in [0.1, 0.15) is 6.61 Å². The number of fused-ring (bicyclic) bond motifs is 1. The lowest BCUT2D eigenvalue weighted by Gasteiger charge is -2.36.